The van der Waals surface area contributed by atoms with Crippen molar-refractivity contribution in [1.82, 2.24) is 5.32 Å². The Labute approximate surface area is 118 Å². The topological polar surface area (TPSA) is 86.6 Å². The molecule has 0 unspecified atom stereocenters. The summed E-state index contributed by atoms with van der Waals surface area (Å²) in [6, 6.07) is 6.39. The van der Waals surface area contributed by atoms with Crippen molar-refractivity contribution in [3.8, 4) is 5.75 Å². The number of phenolic OH excluding ortho intramolecular Hbond substituents is 1. The van der Waals surface area contributed by atoms with Gasteiger partial charge in [0.2, 0.25) is 5.91 Å². The number of nitrogens with one attached hydrogen (secondary N) is 1. The van der Waals surface area contributed by atoms with E-state index >= 15 is 0 Å². The summed E-state index contributed by atoms with van der Waals surface area (Å²) in [5, 5.41) is 21.0. The molecule has 0 atom stereocenters. The lowest BCUT2D eigenvalue weighted by atomic mass is 9.88. The molecule has 0 spiro atoms. The van der Waals surface area contributed by atoms with Crippen LogP contribution in [0.5, 0.6) is 5.75 Å². The van der Waals surface area contributed by atoms with Crippen molar-refractivity contribution >= 4 is 11.9 Å². The quantitative estimate of drug-likeness (QED) is 0.713. The van der Waals surface area contributed by atoms with Crippen LogP contribution in [0, 0.1) is 0 Å². The van der Waals surface area contributed by atoms with Gasteiger partial charge in [0.25, 0.3) is 0 Å². The van der Waals surface area contributed by atoms with Crippen LogP contribution in [0.4, 0.5) is 0 Å². The smallest absolute Gasteiger partial charge is 0.305 e. The fourth-order valence-electron chi connectivity index (χ4n) is 2.15. The zero-order chi connectivity index (χ0) is 15.2. The molecule has 1 amide bonds. The highest BCUT2D eigenvalue weighted by Crippen LogP contribution is 2.20. The van der Waals surface area contributed by atoms with E-state index in [0.717, 1.165) is 5.56 Å². The number of carbonyl (C=O) groups excluding carboxylic acids is 1. The van der Waals surface area contributed by atoms with Crippen LogP contribution in [0.2, 0.25) is 0 Å². The zero-order valence-corrected chi connectivity index (χ0v) is 11.8. The van der Waals surface area contributed by atoms with E-state index in [0.29, 0.717) is 12.8 Å². The normalized spacial score (nSPS) is 11.1. The van der Waals surface area contributed by atoms with Gasteiger partial charge >= 0.3 is 5.97 Å². The molecule has 20 heavy (non-hydrogen) atoms. The molecule has 0 fully saturated rings. The highest BCUT2D eigenvalue weighted by atomic mass is 16.4. The first-order valence-electron chi connectivity index (χ1n) is 6.71. The second kappa shape index (κ2) is 6.93. The van der Waals surface area contributed by atoms with E-state index < -0.39 is 11.5 Å². The summed E-state index contributed by atoms with van der Waals surface area (Å²) in [4.78, 5) is 23.0. The van der Waals surface area contributed by atoms with Crippen LogP contribution in [-0.2, 0) is 16.0 Å². The second-order valence-corrected chi connectivity index (χ2v) is 4.95. The third-order valence-electron chi connectivity index (χ3n) is 3.55. The van der Waals surface area contributed by atoms with E-state index in [1.807, 2.05) is 13.8 Å². The summed E-state index contributed by atoms with van der Waals surface area (Å²) in [6.45, 7) is 3.74. The third kappa shape index (κ3) is 4.57. The molecule has 1 aromatic carbocycles. The van der Waals surface area contributed by atoms with Gasteiger partial charge in [0, 0.05) is 5.54 Å². The van der Waals surface area contributed by atoms with Gasteiger partial charge in [-0.15, -0.1) is 0 Å². The van der Waals surface area contributed by atoms with Gasteiger partial charge in [0.1, 0.15) is 5.75 Å². The predicted octanol–water partition coefficient (Wildman–Crippen LogP) is 2.08. The van der Waals surface area contributed by atoms with Crippen molar-refractivity contribution in [3.63, 3.8) is 0 Å². The Hall–Kier alpha value is -2.04. The second-order valence-electron chi connectivity index (χ2n) is 4.95. The number of aliphatic carboxylic acids is 1. The van der Waals surface area contributed by atoms with Crippen LogP contribution in [0.25, 0.3) is 0 Å². The zero-order valence-electron chi connectivity index (χ0n) is 11.8. The van der Waals surface area contributed by atoms with Crippen LogP contribution in [-0.4, -0.2) is 27.6 Å². The molecule has 0 bridgehead atoms. The molecule has 1 aromatic rings. The van der Waals surface area contributed by atoms with Crippen LogP contribution < -0.4 is 5.32 Å². The molecule has 110 valence electrons. The lowest BCUT2D eigenvalue weighted by Crippen LogP contribution is -2.49. The number of rotatable bonds is 7. The van der Waals surface area contributed by atoms with Crippen molar-refractivity contribution in [2.75, 3.05) is 0 Å². The molecular weight excluding hydrogens is 258 g/mol. The summed E-state index contributed by atoms with van der Waals surface area (Å²) in [5.41, 5.74) is 0.0801. The third-order valence-corrected chi connectivity index (χ3v) is 3.55. The largest absolute Gasteiger partial charge is 0.508 e. The Balaban J connectivity index is 2.71. The Kier molecular flexibility index (Phi) is 5.55. The average molecular weight is 279 g/mol. The fraction of sp³-hybridized carbons (Fsp3) is 0.467. The number of benzene rings is 1. The molecule has 0 aliphatic carbocycles. The minimum Gasteiger partial charge on any atom is -0.508 e. The first-order chi connectivity index (χ1) is 9.40. The molecule has 1 rings (SSSR count). The maximum Gasteiger partial charge on any atom is 0.305 e. The van der Waals surface area contributed by atoms with Crippen LogP contribution in [0.15, 0.2) is 24.3 Å². The molecule has 3 N–H and O–H groups in total. The van der Waals surface area contributed by atoms with Crippen LogP contribution >= 0.6 is 0 Å². The summed E-state index contributed by atoms with van der Waals surface area (Å²) in [6.07, 6.45) is 1.22. The first kappa shape index (κ1) is 16.0. The van der Waals surface area contributed by atoms with Crippen LogP contribution in [0.1, 0.15) is 38.7 Å². The van der Waals surface area contributed by atoms with Crippen molar-refractivity contribution in [2.45, 2.75) is 45.1 Å². The van der Waals surface area contributed by atoms with Crippen molar-refractivity contribution in [3.05, 3.63) is 29.8 Å². The Bertz CT molecular complexity index is 463. The van der Waals surface area contributed by atoms with E-state index in [1.54, 1.807) is 12.1 Å². The predicted molar refractivity (Wildman–Crippen MR) is 75.5 cm³/mol. The Morgan fingerprint density at radius 2 is 1.70 bits per heavy atom. The van der Waals surface area contributed by atoms with Gasteiger partial charge < -0.3 is 15.5 Å². The van der Waals surface area contributed by atoms with Gasteiger partial charge in [-0.25, -0.2) is 0 Å². The summed E-state index contributed by atoms with van der Waals surface area (Å²) in [7, 11) is 0. The van der Waals surface area contributed by atoms with Gasteiger partial charge in [-0.3, -0.25) is 9.59 Å². The molecule has 0 heterocycles. The van der Waals surface area contributed by atoms with Gasteiger partial charge in [-0.1, -0.05) is 26.0 Å². The van der Waals surface area contributed by atoms with E-state index in [2.05, 4.69) is 5.32 Å². The average Bonchev–Trinajstić information content (AvgIpc) is 2.40. The summed E-state index contributed by atoms with van der Waals surface area (Å²) >= 11 is 0. The molecule has 0 radical (unpaired) electrons. The molecular formula is C15H21NO4. The van der Waals surface area contributed by atoms with E-state index in [9.17, 15) is 14.7 Å². The molecule has 0 aliphatic heterocycles. The first-order valence-corrected chi connectivity index (χ1v) is 6.71. The standard InChI is InChI=1S/C15H21NO4/c1-3-15(4-2,10-14(19)20)16-13(18)9-11-5-7-12(17)8-6-11/h5-8,17H,3-4,9-10H2,1-2H3,(H,16,18)(H,19,20). The molecule has 0 saturated heterocycles. The van der Waals surface area contributed by atoms with Gasteiger partial charge in [-0.2, -0.15) is 0 Å². The minimum atomic E-state index is -0.918. The highest BCUT2D eigenvalue weighted by molar-refractivity contribution is 5.80. The number of amides is 1. The molecule has 0 aliphatic rings. The molecule has 5 nitrogen and oxygen atoms in total. The minimum absolute atomic E-state index is 0.0820. The number of hydrogen-bond donors (Lipinski definition) is 3. The maximum absolute atomic E-state index is 12.0. The van der Waals surface area contributed by atoms with Gasteiger partial charge in [0.05, 0.1) is 12.8 Å². The molecule has 0 saturated carbocycles. The number of aromatic hydroxyl groups is 1. The van der Waals surface area contributed by atoms with Crippen LogP contribution in [0.3, 0.4) is 0 Å². The van der Waals surface area contributed by atoms with Gasteiger partial charge in [0.15, 0.2) is 0 Å². The number of carboxylic acid groups (broad SMARTS) is 1. The molecule has 0 aromatic heterocycles. The highest BCUT2D eigenvalue weighted by Gasteiger charge is 2.30. The number of carboxylic acids is 1. The number of carbonyl (C=O) groups is 2. The monoisotopic (exact) mass is 279 g/mol. The SMILES string of the molecule is CCC(CC)(CC(=O)O)NC(=O)Cc1ccc(O)cc1. The van der Waals surface area contributed by atoms with Crippen molar-refractivity contribution in [2.24, 2.45) is 0 Å². The summed E-state index contributed by atoms with van der Waals surface area (Å²) < 4.78 is 0. The number of hydrogen-bond acceptors (Lipinski definition) is 3. The summed E-state index contributed by atoms with van der Waals surface area (Å²) in [5.74, 6) is -0.976. The van der Waals surface area contributed by atoms with Crippen molar-refractivity contribution < 1.29 is 19.8 Å². The lowest BCUT2D eigenvalue weighted by molar-refractivity contribution is -0.139. The lowest BCUT2D eigenvalue weighted by Gasteiger charge is -2.31. The van der Waals surface area contributed by atoms with E-state index in [-0.39, 0.29) is 24.5 Å². The molecule has 5 heteroatoms. The fourth-order valence-corrected chi connectivity index (χ4v) is 2.15. The maximum atomic E-state index is 12.0. The Morgan fingerprint density at radius 3 is 2.15 bits per heavy atom. The van der Waals surface area contributed by atoms with Gasteiger partial charge in [-0.05, 0) is 30.5 Å². The van der Waals surface area contributed by atoms with E-state index in [4.69, 9.17) is 5.11 Å². The Morgan fingerprint density at radius 1 is 1.15 bits per heavy atom. The number of phenols is 1. The van der Waals surface area contributed by atoms with E-state index in [1.165, 1.54) is 12.1 Å². The van der Waals surface area contributed by atoms with Crippen molar-refractivity contribution in [1.29, 1.82) is 0 Å².